The highest BCUT2D eigenvalue weighted by atomic mass is 32.2. The number of sulfone groups is 1. The van der Waals surface area contributed by atoms with Crippen LogP contribution in [0.3, 0.4) is 0 Å². The minimum absolute atomic E-state index is 0.147. The maximum absolute atomic E-state index is 13.4. The number of nitrogens with one attached hydrogen (secondary N) is 1. The molecule has 0 bridgehead atoms. The van der Waals surface area contributed by atoms with Crippen molar-refractivity contribution in [2.45, 2.75) is 36.9 Å². The summed E-state index contributed by atoms with van der Waals surface area (Å²) < 4.78 is 64.4. The van der Waals surface area contributed by atoms with E-state index >= 15 is 0 Å². The lowest BCUT2D eigenvalue weighted by Crippen LogP contribution is -2.15. The number of pyridine rings is 2. The molecule has 1 amide bonds. The minimum atomic E-state index is -4.79. The van der Waals surface area contributed by atoms with E-state index in [9.17, 15) is 31.5 Å². The van der Waals surface area contributed by atoms with Gasteiger partial charge in [0.25, 0.3) is 0 Å². The predicted molar refractivity (Wildman–Crippen MR) is 123 cm³/mol. The molecule has 2 aromatic heterocycles. The fraction of sp³-hybridized carbons (Fsp3) is 0.261. The van der Waals surface area contributed by atoms with E-state index in [4.69, 9.17) is 5.73 Å². The topological polar surface area (TPSA) is 135 Å². The highest BCUT2D eigenvalue weighted by Gasteiger charge is 2.32. The van der Waals surface area contributed by atoms with Gasteiger partial charge < -0.3 is 16.2 Å². The van der Waals surface area contributed by atoms with Crippen molar-refractivity contribution < 1.29 is 31.5 Å². The molecule has 0 radical (unpaired) electrons. The van der Waals surface area contributed by atoms with Crippen LogP contribution in [0.4, 0.5) is 24.5 Å². The Morgan fingerprint density at radius 3 is 2.26 bits per heavy atom. The van der Waals surface area contributed by atoms with Gasteiger partial charge in [0.05, 0.1) is 39.6 Å². The Bertz CT molecular complexity index is 1370. The highest BCUT2D eigenvalue weighted by Crippen LogP contribution is 2.36. The first kappa shape index (κ1) is 26.1. The molecular weight excluding hydrogens is 485 g/mol. The number of carbonyl (C=O) groups is 1. The molecule has 3 rings (SSSR count). The summed E-state index contributed by atoms with van der Waals surface area (Å²) in [7, 11) is -3.96. The van der Waals surface area contributed by atoms with Crippen molar-refractivity contribution >= 4 is 27.1 Å². The van der Waals surface area contributed by atoms with Gasteiger partial charge in [0.1, 0.15) is 0 Å². The number of anilines is 2. The van der Waals surface area contributed by atoms with Gasteiger partial charge in [0, 0.05) is 35.5 Å². The van der Waals surface area contributed by atoms with E-state index in [0.717, 1.165) is 18.4 Å². The van der Waals surface area contributed by atoms with Gasteiger partial charge in [0.2, 0.25) is 5.91 Å². The first-order chi connectivity index (χ1) is 16.0. The molecule has 0 aliphatic rings. The number of aliphatic hydroxyl groups is 1. The van der Waals surface area contributed by atoms with Crippen molar-refractivity contribution in [3.63, 3.8) is 0 Å². The third kappa shape index (κ3) is 6.55. The Kier molecular flexibility index (Phi) is 6.91. The van der Waals surface area contributed by atoms with Gasteiger partial charge >= 0.3 is 6.18 Å². The molecule has 0 spiro atoms. The molecule has 186 valence electrons. The highest BCUT2D eigenvalue weighted by molar-refractivity contribution is 7.90. The average molecular weight is 509 g/mol. The van der Waals surface area contributed by atoms with E-state index in [1.807, 2.05) is 0 Å². The van der Waals surface area contributed by atoms with Crippen molar-refractivity contribution in [2.24, 2.45) is 5.73 Å². The van der Waals surface area contributed by atoms with Crippen LogP contribution >= 0.6 is 0 Å². The number of primary amides is 1. The lowest BCUT2D eigenvalue weighted by Gasteiger charge is -2.18. The van der Waals surface area contributed by atoms with E-state index in [-0.39, 0.29) is 23.5 Å². The summed E-state index contributed by atoms with van der Waals surface area (Å²) in [5.41, 5.74) is 4.53. The van der Waals surface area contributed by atoms with Gasteiger partial charge in [-0.25, -0.2) is 8.42 Å². The Labute approximate surface area is 200 Å². The molecule has 0 saturated carbocycles. The van der Waals surface area contributed by atoms with Crippen molar-refractivity contribution in [1.29, 1.82) is 0 Å². The number of aromatic nitrogens is 2. The molecule has 1 aromatic carbocycles. The second kappa shape index (κ2) is 9.27. The van der Waals surface area contributed by atoms with Crippen LogP contribution in [-0.2, 0) is 32.8 Å². The summed E-state index contributed by atoms with van der Waals surface area (Å²) in [5, 5.41) is 13.0. The first-order valence-corrected chi connectivity index (χ1v) is 12.1. The fourth-order valence-corrected chi connectivity index (χ4v) is 3.88. The summed E-state index contributed by atoms with van der Waals surface area (Å²) in [6.45, 7) is 3.17. The first-order valence-electron chi connectivity index (χ1n) is 10.2. The minimum Gasteiger partial charge on any atom is -0.386 e. The monoisotopic (exact) mass is 508 g/mol. The number of alkyl halides is 3. The van der Waals surface area contributed by atoms with E-state index in [0.29, 0.717) is 22.9 Å². The number of hydrogen-bond donors (Lipinski definition) is 3. The predicted octanol–water partition coefficient (Wildman–Crippen LogP) is 3.56. The summed E-state index contributed by atoms with van der Waals surface area (Å²) in [6.07, 6.45) is -1.38. The largest absolute Gasteiger partial charge is 0.416 e. The Morgan fingerprint density at radius 2 is 1.74 bits per heavy atom. The molecule has 35 heavy (non-hydrogen) atoms. The smallest absolute Gasteiger partial charge is 0.386 e. The molecule has 4 N–H and O–H groups in total. The van der Waals surface area contributed by atoms with Crippen LogP contribution in [-0.4, -0.2) is 35.7 Å². The molecule has 0 aliphatic heterocycles. The fourth-order valence-electron chi connectivity index (χ4n) is 3.20. The van der Waals surface area contributed by atoms with E-state index in [1.54, 1.807) is 26.0 Å². The molecule has 0 aliphatic carbocycles. The van der Waals surface area contributed by atoms with Crippen LogP contribution in [0, 0.1) is 0 Å². The Morgan fingerprint density at radius 1 is 1.06 bits per heavy atom. The van der Waals surface area contributed by atoms with Gasteiger partial charge in [-0.3, -0.25) is 14.8 Å². The second-order valence-electron chi connectivity index (χ2n) is 8.50. The molecule has 0 atom stereocenters. The zero-order valence-corrected chi connectivity index (χ0v) is 19.8. The number of benzene rings is 1. The van der Waals surface area contributed by atoms with E-state index in [1.165, 1.54) is 18.5 Å². The standard InChI is InChI=1S/C23H23F3N4O4S/c1-22(2,32)13-4-5-19(29-11-13)18-12-28-15(10-21(27)31)9-20(18)30-16-6-14(23(24,25)26)7-17(8-16)35(3,33)34/h4-9,11-12,32H,10H2,1-3H3,(H2,27,31)(H,28,30). The van der Waals surface area contributed by atoms with Gasteiger partial charge in [-0.2, -0.15) is 13.2 Å². The molecule has 12 heteroatoms. The molecule has 2 heterocycles. The lowest BCUT2D eigenvalue weighted by molar-refractivity contribution is -0.137. The van der Waals surface area contributed by atoms with Crippen LogP contribution in [0.1, 0.15) is 30.7 Å². The van der Waals surface area contributed by atoms with Crippen molar-refractivity contribution in [3.05, 3.63) is 65.6 Å². The third-order valence-electron chi connectivity index (χ3n) is 5.00. The van der Waals surface area contributed by atoms with Gasteiger partial charge in [-0.15, -0.1) is 0 Å². The molecule has 0 unspecified atom stereocenters. The van der Waals surface area contributed by atoms with Crippen LogP contribution in [0.2, 0.25) is 0 Å². The number of nitrogens with two attached hydrogens (primary N) is 1. The van der Waals surface area contributed by atoms with Gasteiger partial charge in [-0.1, -0.05) is 6.07 Å². The molecule has 3 aromatic rings. The van der Waals surface area contributed by atoms with Crippen LogP contribution < -0.4 is 11.1 Å². The quantitative estimate of drug-likeness (QED) is 0.444. The second-order valence-corrected chi connectivity index (χ2v) is 10.5. The maximum Gasteiger partial charge on any atom is 0.416 e. The zero-order valence-electron chi connectivity index (χ0n) is 19.0. The summed E-state index contributed by atoms with van der Waals surface area (Å²) in [5.74, 6) is -0.665. The number of hydrogen-bond acceptors (Lipinski definition) is 7. The number of amides is 1. The normalized spacial score (nSPS) is 12.4. The van der Waals surface area contributed by atoms with Gasteiger partial charge in [0.15, 0.2) is 9.84 Å². The lowest BCUT2D eigenvalue weighted by atomic mass is 9.99. The summed E-state index contributed by atoms with van der Waals surface area (Å²) in [6, 6.07) is 7.06. The average Bonchev–Trinajstić information content (AvgIpc) is 2.71. The van der Waals surface area contributed by atoms with E-state index in [2.05, 4.69) is 15.3 Å². The summed E-state index contributed by atoms with van der Waals surface area (Å²) in [4.78, 5) is 19.3. The SMILES string of the molecule is CC(C)(O)c1ccc(-c2cnc(CC(N)=O)cc2Nc2cc(C(F)(F)F)cc(S(C)(=O)=O)c2)nc1. The van der Waals surface area contributed by atoms with Crippen molar-refractivity contribution in [2.75, 3.05) is 11.6 Å². The number of nitrogens with zero attached hydrogens (tertiary/aromatic N) is 2. The molecule has 0 fully saturated rings. The van der Waals surface area contributed by atoms with Crippen LogP contribution in [0.25, 0.3) is 11.3 Å². The van der Waals surface area contributed by atoms with Crippen LogP contribution in [0.5, 0.6) is 0 Å². The van der Waals surface area contributed by atoms with Crippen molar-refractivity contribution in [1.82, 2.24) is 9.97 Å². The molecular formula is C23H23F3N4O4S. The Hall–Kier alpha value is -3.51. The van der Waals surface area contributed by atoms with E-state index < -0.39 is 38.0 Å². The van der Waals surface area contributed by atoms with Gasteiger partial charge in [-0.05, 0) is 44.2 Å². The number of rotatable bonds is 7. The number of carbonyl (C=O) groups excluding carboxylic acids is 1. The third-order valence-corrected chi connectivity index (χ3v) is 6.09. The molecule has 0 saturated heterocycles. The Balaban J connectivity index is 2.15. The number of halogens is 3. The van der Waals surface area contributed by atoms with Crippen molar-refractivity contribution in [3.8, 4) is 11.3 Å². The maximum atomic E-state index is 13.4. The zero-order chi connectivity index (χ0) is 26.2. The summed E-state index contributed by atoms with van der Waals surface area (Å²) >= 11 is 0. The molecule has 8 nitrogen and oxygen atoms in total. The van der Waals surface area contributed by atoms with Crippen LogP contribution in [0.15, 0.2) is 53.7 Å².